The van der Waals surface area contributed by atoms with E-state index in [9.17, 15) is 4.79 Å². The molecule has 0 radical (unpaired) electrons. The minimum absolute atomic E-state index is 0.0999. The average Bonchev–Trinajstić information content (AvgIpc) is 2.60. The van der Waals surface area contributed by atoms with E-state index in [0.717, 1.165) is 36.5 Å². The van der Waals surface area contributed by atoms with Gasteiger partial charge in [-0.2, -0.15) is 0 Å². The van der Waals surface area contributed by atoms with Crippen molar-refractivity contribution in [3.8, 4) is 5.75 Å². The van der Waals surface area contributed by atoms with E-state index in [1.165, 1.54) is 0 Å². The lowest BCUT2D eigenvalue weighted by molar-refractivity contribution is 0.102. The molecule has 0 spiro atoms. The summed E-state index contributed by atoms with van der Waals surface area (Å²) in [5.41, 5.74) is 2.47. The third kappa shape index (κ3) is 6.21. The van der Waals surface area contributed by atoms with Gasteiger partial charge in [-0.15, -0.1) is 0 Å². The van der Waals surface area contributed by atoms with E-state index in [0.29, 0.717) is 12.2 Å². The van der Waals surface area contributed by atoms with Gasteiger partial charge < -0.3 is 20.3 Å². The highest BCUT2D eigenvalue weighted by Crippen LogP contribution is 2.19. The van der Waals surface area contributed by atoms with Gasteiger partial charge >= 0.3 is 0 Å². The number of rotatable bonds is 9. The summed E-state index contributed by atoms with van der Waals surface area (Å²) in [6.07, 6.45) is 0.813. The smallest absolute Gasteiger partial charge is 0.255 e. The van der Waals surface area contributed by atoms with Gasteiger partial charge in [0, 0.05) is 23.9 Å². The third-order valence-electron chi connectivity index (χ3n) is 3.81. The molecule has 5 nitrogen and oxygen atoms in total. The summed E-state index contributed by atoms with van der Waals surface area (Å²) in [6.45, 7) is 2.28. The summed E-state index contributed by atoms with van der Waals surface area (Å²) in [6, 6.07) is 15.2. The molecule has 0 saturated heterocycles. The normalized spacial score (nSPS) is 10.7. The van der Waals surface area contributed by atoms with Crippen molar-refractivity contribution in [1.82, 2.24) is 10.2 Å². The molecule has 25 heavy (non-hydrogen) atoms. The lowest BCUT2D eigenvalue weighted by atomic mass is 10.0. The number of ether oxygens (including phenoxy) is 1. The molecule has 0 fully saturated rings. The second-order valence-corrected chi connectivity index (χ2v) is 6.14. The molecular formula is C20H27N3O2. The third-order valence-corrected chi connectivity index (χ3v) is 3.81. The van der Waals surface area contributed by atoms with Crippen molar-refractivity contribution in [2.45, 2.75) is 6.42 Å². The van der Waals surface area contributed by atoms with Gasteiger partial charge in [-0.3, -0.25) is 4.79 Å². The zero-order valence-electron chi connectivity index (χ0n) is 15.2. The number of benzene rings is 2. The molecule has 0 aliphatic rings. The number of hydrogen-bond acceptors (Lipinski definition) is 4. The molecule has 0 aliphatic heterocycles. The van der Waals surface area contributed by atoms with Crippen molar-refractivity contribution in [2.24, 2.45) is 0 Å². The Morgan fingerprint density at radius 1 is 1.12 bits per heavy atom. The van der Waals surface area contributed by atoms with Gasteiger partial charge in [0.05, 0.1) is 0 Å². The second kappa shape index (κ2) is 9.81. The molecule has 0 aromatic heterocycles. The van der Waals surface area contributed by atoms with Gasteiger partial charge in [0.2, 0.25) is 0 Å². The van der Waals surface area contributed by atoms with E-state index in [2.05, 4.69) is 15.5 Å². The quantitative estimate of drug-likeness (QED) is 0.736. The summed E-state index contributed by atoms with van der Waals surface area (Å²) in [7, 11) is 5.92. The zero-order chi connectivity index (χ0) is 18.1. The fourth-order valence-electron chi connectivity index (χ4n) is 2.43. The maximum atomic E-state index is 12.6. The number of likely N-dealkylation sites (N-methyl/N-ethyl adjacent to an activating group) is 2. The van der Waals surface area contributed by atoms with Crippen LogP contribution in [0.15, 0.2) is 48.5 Å². The minimum atomic E-state index is -0.0999. The molecule has 0 aliphatic carbocycles. The van der Waals surface area contributed by atoms with Crippen molar-refractivity contribution >= 4 is 11.6 Å². The Morgan fingerprint density at radius 2 is 1.92 bits per heavy atom. The van der Waals surface area contributed by atoms with Gasteiger partial charge in [-0.1, -0.05) is 24.3 Å². The first-order chi connectivity index (χ1) is 12.1. The van der Waals surface area contributed by atoms with Crippen molar-refractivity contribution in [2.75, 3.05) is 46.2 Å². The largest absolute Gasteiger partial charge is 0.492 e. The van der Waals surface area contributed by atoms with Gasteiger partial charge in [0.15, 0.2) is 0 Å². The molecule has 5 heteroatoms. The molecule has 0 unspecified atom stereocenters. The first kappa shape index (κ1) is 19.0. The fourth-order valence-corrected chi connectivity index (χ4v) is 2.43. The standard InChI is InChI=1S/C20H27N3O2/c1-21-12-11-16-7-4-5-10-19(16)20(24)22-17-8-6-9-18(15-17)25-14-13-23(2)3/h4-10,15,21H,11-14H2,1-3H3,(H,22,24). The van der Waals surface area contributed by atoms with Crippen LogP contribution < -0.4 is 15.4 Å². The minimum Gasteiger partial charge on any atom is -0.492 e. The van der Waals surface area contributed by atoms with Crippen LogP contribution in [0.5, 0.6) is 5.75 Å². The highest BCUT2D eigenvalue weighted by Gasteiger charge is 2.11. The van der Waals surface area contributed by atoms with Crippen LogP contribution in [0, 0.1) is 0 Å². The van der Waals surface area contributed by atoms with Gasteiger partial charge in [-0.05, 0) is 57.9 Å². The Labute approximate surface area is 150 Å². The number of carbonyl (C=O) groups excluding carboxylic acids is 1. The highest BCUT2D eigenvalue weighted by molar-refractivity contribution is 6.05. The Morgan fingerprint density at radius 3 is 2.68 bits per heavy atom. The summed E-state index contributed by atoms with van der Waals surface area (Å²) in [5.74, 6) is 0.653. The Hall–Kier alpha value is -2.37. The molecule has 0 bridgehead atoms. The Kier molecular flexibility index (Phi) is 7.44. The second-order valence-electron chi connectivity index (χ2n) is 6.14. The number of nitrogens with one attached hydrogen (secondary N) is 2. The van der Waals surface area contributed by atoms with Gasteiger partial charge in [-0.25, -0.2) is 0 Å². The number of anilines is 1. The van der Waals surface area contributed by atoms with Gasteiger partial charge in [0.1, 0.15) is 12.4 Å². The van der Waals surface area contributed by atoms with E-state index in [1.54, 1.807) is 0 Å². The van der Waals surface area contributed by atoms with Crippen LogP contribution in [0.4, 0.5) is 5.69 Å². The van der Waals surface area contributed by atoms with E-state index in [4.69, 9.17) is 4.74 Å². The molecule has 0 heterocycles. The maximum absolute atomic E-state index is 12.6. The van der Waals surface area contributed by atoms with E-state index >= 15 is 0 Å². The first-order valence-electron chi connectivity index (χ1n) is 8.51. The van der Waals surface area contributed by atoms with Crippen molar-refractivity contribution < 1.29 is 9.53 Å². The zero-order valence-corrected chi connectivity index (χ0v) is 15.2. The first-order valence-corrected chi connectivity index (χ1v) is 8.51. The number of carbonyl (C=O) groups is 1. The summed E-state index contributed by atoms with van der Waals surface area (Å²) in [4.78, 5) is 14.7. The van der Waals surface area contributed by atoms with Crippen LogP contribution >= 0.6 is 0 Å². The predicted octanol–water partition coefficient (Wildman–Crippen LogP) is 2.64. The molecule has 2 N–H and O–H groups in total. The van der Waals surface area contributed by atoms with E-state index in [-0.39, 0.29) is 5.91 Å². The van der Waals surface area contributed by atoms with Crippen molar-refractivity contribution in [3.63, 3.8) is 0 Å². The molecular weight excluding hydrogens is 314 g/mol. The topological polar surface area (TPSA) is 53.6 Å². The number of nitrogens with zero attached hydrogens (tertiary/aromatic N) is 1. The lowest BCUT2D eigenvalue weighted by Gasteiger charge is -2.13. The molecule has 1 amide bonds. The summed E-state index contributed by atoms with van der Waals surface area (Å²) in [5, 5.41) is 6.08. The predicted molar refractivity (Wildman–Crippen MR) is 103 cm³/mol. The van der Waals surface area contributed by atoms with Crippen LogP contribution in [0.3, 0.4) is 0 Å². The van der Waals surface area contributed by atoms with Crippen LogP contribution in [-0.4, -0.2) is 51.6 Å². The van der Waals surface area contributed by atoms with Crippen molar-refractivity contribution in [3.05, 3.63) is 59.7 Å². The lowest BCUT2D eigenvalue weighted by Crippen LogP contribution is -2.19. The summed E-state index contributed by atoms with van der Waals surface area (Å²) < 4.78 is 5.72. The molecule has 0 saturated carbocycles. The number of amides is 1. The van der Waals surface area contributed by atoms with E-state index in [1.807, 2.05) is 69.7 Å². The van der Waals surface area contributed by atoms with Crippen molar-refractivity contribution in [1.29, 1.82) is 0 Å². The molecule has 2 aromatic carbocycles. The molecule has 2 aromatic rings. The molecule has 134 valence electrons. The van der Waals surface area contributed by atoms with Crippen LogP contribution in [-0.2, 0) is 6.42 Å². The number of hydrogen-bond donors (Lipinski definition) is 2. The highest BCUT2D eigenvalue weighted by atomic mass is 16.5. The van der Waals surface area contributed by atoms with Gasteiger partial charge in [0.25, 0.3) is 5.91 Å². The fraction of sp³-hybridized carbons (Fsp3) is 0.350. The molecule has 2 rings (SSSR count). The van der Waals surface area contributed by atoms with E-state index < -0.39 is 0 Å². The van der Waals surface area contributed by atoms with Crippen LogP contribution in [0.2, 0.25) is 0 Å². The van der Waals surface area contributed by atoms with Crippen LogP contribution in [0.25, 0.3) is 0 Å². The average molecular weight is 341 g/mol. The molecule has 0 atom stereocenters. The Balaban J connectivity index is 2.03. The van der Waals surface area contributed by atoms with Crippen LogP contribution in [0.1, 0.15) is 15.9 Å². The SMILES string of the molecule is CNCCc1ccccc1C(=O)Nc1cccc(OCCN(C)C)c1. The Bertz CT molecular complexity index is 686. The monoisotopic (exact) mass is 341 g/mol. The summed E-state index contributed by atoms with van der Waals surface area (Å²) >= 11 is 0. The maximum Gasteiger partial charge on any atom is 0.255 e.